The van der Waals surface area contributed by atoms with E-state index in [4.69, 9.17) is 5.11 Å². The Morgan fingerprint density at radius 3 is 2.71 bits per heavy atom. The number of rotatable bonds is 4. The number of benzene rings is 1. The van der Waals surface area contributed by atoms with Gasteiger partial charge in [0.2, 0.25) is 0 Å². The topological polar surface area (TPSA) is 78.4 Å². The van der Waals surface area contributed by atoms with Gasteiger partial charge in [0.05, 0.1) is 11.6 Å². The van der Waals surface area contributed by atoms with E-state index in [0.717, 1.165) is 16.0 Å². The molecule has 1 aliphatic rings. The van der Waals surface area contributed by atoms with Gasteiger partial charge in [-0.05, 0) is 53.4 Å². The fourth-order valence-corrected chi connectivity index (χ4v) is 3.40. The maximum absolute atomic E-state index is 11.1. The maximum Gasteiger partial charge on any atom is 0.306 e. The summed E-state index contributed by atoms with van der Waals surface area (Å²) < 4.78 is 0.977. The monoisotopic (exact) mass is 390 g/mol. The van der Waals surface area contributed by atoms with E-state index >= 15 is 0 Å². The minimum atomic E-state index is -0.705. The molecule has 0 saturated carbocycles. The van der Waals surface area contributed by atoms with Gasteiger partial charge in [0.15, 0.2) is 0 Å². The van der Waals surface area contributed by atoms with E-state index in [1.807, 2.05) is 31.2 Å². The third-order valence-electron chi connectivity index (χ3n) is 4.21. The Hall–Kier alpha value is -2.15. The molecule has 0 atom stereocenters. The standard InChI is InChI=1S/C17H19BrN4O2/c1-11-2-3-14(13(18)8-11)21-15-9-16(20-10-19-15)22-6-4-12(5-7-22)17(23)24/h2-3,8-10,12H,4-7H2,1H3,(H,23,24)(H,19,20,21). The molecule has 24 heavy (non-hydrogen) atoms. The van der Waals surface area contributed by atoms with E-state index in [2.05, 4.69) is 36.1 Å². The van der Waals surface area contributed by atoms with Crippen LogP contribution in [0.3, 0.4) is 0 Å². The van der Waals surface area contributed by atoms with Crippen LogP contribution in [0, 0.1) is 12.8 Å². The molecule has 0 radical (unpaired) electrons. The number of carboxylic acids is 1. The zero-order valence-electron chi connectivity index (χ0n) is 13.4. The smallest absolute Gasteiger partial charge is 0.306 e. The number of aliphatic carboxylic acids is 1. The van der Waals surface area contributed by atoms with Crippen molar-refractivity contribution < 1.29 is 9.90 Å². The number of halogens is 1. The number of piperidine rings is 1. The summed E-state index contributed by atoms with van der Waals surface area (Å²) >= 11 is 3.55. The third kappa shape index (κ3) is 3.84. The molecule has 1 aliphatic heterocycles. The fourth-order valence-electron chi connectivity index (χ4n) is 2.80. The van der Waals surface area contributed by atoms with Crippen molar-refractivity contribution in [1.29, 1.82) is 0 Å². The van der Waals surface area contributed by atoms with Gasteiger partial charge in [-0.2, -0.15) is 0 Å². The minimum Gasteiger partial charge on any atom is -0.481 e. The highest BCUT2D eigenvalue weighted by Crippen LogP contribution is 2.28. The Labute approximate surface area is 149 Å². The van der Waals surface area contributed by atoms with Crippen molar-refractivity contribution in [3.05, 3.63) is 40.6 Å². The van der Waals surface area contributed by atoms with Crippen LogP contribution in [0.4, 0.5) is 17.3 Å². The summed E-state index contributed by atoms with van der Waals surface area (Å²) in [4.78, 5) is 21.8. The van der Waals surface area contributed by atoms with Gasteiger partial charge in [-0.25, -0.2) is 9.97 Å². The van der Waals surface area contributed by atoms with Gasteiger partial charge in [-0.15, -0.1) is 0 Å². The molecule has 6 nitrogen and oxygen atoms in total. The number of nitrogens with one attached hydrogen (secondary N) is 1. The van der Waals surface area contributed by atoms with Gasteiger partial charge in [0, 0.05) is 23.6 Å². The second kappa shape index (κ2) is 7.17. The van der Waals surface area contributed by atoms with Gasteiger partial charge in [-0.1, -0.05) is 6.07 Å². The van der Waals surface area contributed by atoms with E-state index in [1.165, 1.54) is 11.9 Å². The molecular formula is C17H19BrN4O2. The molecule has 7 heteroatoms. The highest BCUT2D eigenvalue weighted by molar-refractivity contribution is 9.10. The van der Waals surface area contributed by atoms with Crippen molar-refractivity contribution in [3.63, 3.8) is 0 Å². The van der Waals surface area contributed by atoms with Crippen LogP contribution in [-0.4, -0.2) is 34.1 Å². The molecule has 0 bridgehead atoms. The van der Waals surface area contributed by atoms with Crippen LogP contribution in [0.15, 0.2) is 35.1 Å². The first-order valence-corrected chi connectivity index (χ1v) is 8.65. The van der Waals surface area contributed by atoms with Crippen LogP contribution >= 0.6 is 15.9 Å². The molecule has 1 aromatic carbocycles. The van der Waals surface area contributed by atoms with Crippen LogP contribution in [0.5, 0.6) is 0 Å². The zero-order chi connectivity index (χ0) is 17.1. The molecule has 0 unspecified atom stereocenters. The number of aryl methyl sites for hydroxylation is 1. The summed E-state index contributed by atoms with van der Waals surface area (Å²) in [5.74, 6) is 0.581. The summed E-state index contributed by atoms with van der Waals surface area (Å²) in [7, 11) is 0. The zero-order valence-corrected chi connectivity index (χ0v) is 15.0. The first-order chi connectivity index (χ1) is 11.5. The number of aromatic nitrogens is 2. The summed E-state index contributed by atoms with van der Waals surface area (Å²) in [5.41, 5.74) is 2.12. The minimum absolute atomic E-state index is 0.246. The Morgan fingerprint density at radius 2 is 2.04 bits per heavy atom. The molecule has 3 rings (SSSR count). The molecular weight excluding hydrogens is 372 g/mol. The van der Waals surface area contributed by atoms with Crippen molar-refractivity contribution in [2.24, 2.45) is 5.92 Å². The lowest BCUT2D eigenvalue weighted by atomic mass is 9.97. The number of nitrogens with zero attached hydrogens (tertiary/aromatic N) is 3. The van der Waals surface area contributed by atoms with Gasteiger partial charge >= 0.3 is 5.97 Å². The molecule has 1 aromatic heterocycles. The fraction of sp³-hybridized carbons (Fsp3) is 0.353. The van der Waals surface area contributed by atoms with Crippen molar-refractivity contribution >= 4 is 39.2 Å². The molecule has 0 spiro atoms. The maximum atomic E-state index is 11.1. The highest BCUT2D eigenvalue weighted by Gasteiger charge is 2.25. The van der Waals surface area contributed by atoms with Gasteiger partial charge in [0.25, 0.3) is 0 Å². The summed E-state index contributed by atoms with van der Waals surface area (Å²) in [6.45, 7) is 3.43. The average molecular weight is 391 g/mol. The van der Waals surface area contributed by atoms with Crippen molar-refractivity contribution in [2.75, 3.05) is 23.3 Å². The van der Waals surface area contributed by atoms with Gasteiger partial charge < -0.3 is 15.3 Å². The molecule has 1 fully saturated rings. The summed E-state index contributed by atoms with van der Waals surface area (Å²) in [6, 6.07) is 7.97. The summed E-state index contributed by atoms with van der Waals surface area (Å²) in [5, 5.41) is 12.4. The summed E-state index contributed by atoms with van der Waals surface area (Å²) in [6.07, 6.45) is 2.82. The lowest BCUT2D eigenvalue weighted by molar-refractivity contribution is -0.142. The second-order valence-corrected chi connectivity index (χ2v) is 6.82. The van der Waals surface area contributed by atoms with E-state index in [-0.39, 0.29) is 5.92 Å². The lowest BCUT2D eigenvalue weighted by Crippen LogP contribution is -2.36. The number of anilines is 3. The van der Waals surface area contributed by atoms with E-state index in [0.29, 0.717) is 31.7 Å². The van der Waals surface area contributed by atoms with Crippen molar-refractivity contribution in [3.8, 4) is 0 Å². The molecule has 2 aromatic rings. The Bertz CT molecular complexity index is 745. The molecule has 1 saturated heterocycles. The number of hydrogen-bond donors (Lipinski definition) is 2. The van der Waals surface area contributed by atoms with E-state index in [1.54, 1.807) is 0 Å². The average Bonchev–Trinajstić information content (AvgIpc) is 2.58. The first-order valence-electron chi connectivity index (χ1n) is 7.86. The quantitative estimate of drug-likeness (QED) is 0.830. The first kappa shape index (κ1) is 16.7. The SMILES string of the molecule is Cc1ccc(Nc2cc(N3CCC(C(=O)O)CC3)ncn2)c(Br)c1. The van der Waals surface area contributed by atoms with Crippen LogP contribution in [0.1, 0.15) is 18.4 Å². The number of carbonyl (C=O) groups is 1. The van der Waals surface area contributed by atoms with Crippen LogP contribution in [-0.2, 0) is 4.79 Å². The molecule has 126 valence electrons. The Kier molecular flexibility index (Phi) is 4.99. The van der Waals surface area contributed by atoms with E-state index in [9.17, 15) is 4.79 Å². The second-order valence-electron chi connectivity index (χ2n) is 5.97. The highest BCUT2D eigenvalue weighted by atomic mass is 79.9. The molecule has 2 N–H and O–H groups in total. The molecule has 0 amide bonds. The lowest BCUT2D eigenvalue weighted by Gasteiger charge is -2.31. The molecule has 0 aliphatic carbocycles. The van der Waals surface area contributed by atoms with Gasteiger partial charge in [0.1, 0.15) is 18.0 Å². The predicted octanol–water partition coefficient (Wildman–Crippen LogP) is 3.59. The predicted molar refractivity (Wildman–Crippen MR) is 96.8 cm³/mol. The number of hydrogen-bond acceptors (Lipinski definition) is 5. The van der Waals surface area contributed by atoms with E-state index < -0.39 is 5.97 Å². The van der Waals surface area contributed by atoms with Gasteiger partial charge in [-0.3, -0.25) is 4.79 Å². The Balaban J connectivity index is 1.71. The normalized spacial score (nSPS) is 15.3. The largest absolute Gasteiger partial charge is 0.481 e. The van der Waals surface area contributed by atoms with Crippen molar-refractivity contribution in [1.82, 2.24) is 9.97 Å². The van der Waals surface area contributed by atoms with Crippen LogP contribution in [0.25, 0.3) is 0 Å². The number of carboxylic acid groups (broad SMARTS) is 1. The van der Waals surface area contributed by atoms with Crippen LogP contribution < -0.4 is 10.2 Å². The Morgan fingerprint density at radius 1 is 1.29 bits per heavy atom. The van der Waals surface area contributed by atoms with Crippen LogP contribution in [0.2, 0.25) is 0 Å². The molecule has 2 heterocycles. The third-order valence-corrected chi connectivity index (χ3v) is 4.86. The van der Waals surface area contributed by atoms with Crippen molar-refractivity contribution in [2.45, 2.75) is 19.8 Å².